The van der Waals surface area contributed by atoms with Gasteiger partial charge in [-0.25, -0.2) is 4.39 Å². The van der Waals surface area contributed by atoms with Gasteiger partial charge in [0.05, 0.1) is 11.6 Å². The van der Waals surface area contributed by atoms with Gasteiger partial charge >= 0.3 is 0 Å². The van der Waals surface area contributed by atoms with E-state index in [4.69, 9.17) is 0 Å². The van der Waals surface area contributed by atoms with Gasteiger partial charge in [0, 0.05) is 17.7 Å². The van der Waals surface area contributed by atoms with Crippen molar-refractivity contribution in [1.82, 2.24) is 4.90 Å². The van der Waals surface area contributed by atoms with Gasteiger partial charge < -0.3 is 10.0 Å². The van der Waals surface area contributed by atoms with Gasteiger partial charge in [-0.3, -0.25) is 9.59 Å². The summed E-state index contributed by atoms with van der Waals surface area (Å²) in [4.78, 5) is 26.9. The van der Waals surface area contributed by atoms with Gasteiger partial charge in [0.25, 0.3) is 11.7 Å². The fraction of sp³-hybridized carbons (Fsp3) is 0.304. The van der Waals surface area contributed by atoms with Crippen LogP contribution in [0.5, 0.6) is 0 Å². The monoisotopic (exact) mass is 381 g/mol. The molecule has 1 aliphatic rings. The van der Waals surface area contributed by atoms with Crippen molar-refractivity contribution in [2.75, 3.05) is 6.54 Å². The molecule has 0 aromatic heterocycles. The second kappa shape index (κ2) is 8.38. The molecule has 1 amide bonds. The molecule has 1 unspecified atom stereocenters. The van der Waals surface area contributed by atoms with E-state index in [0.29, 0.717) is 18.5 Å². The van der Waals surface area contributed by atoms with E-state index in [9.17, 15) is 19.1 Å². The highest BCUT2D eigenvalue weighted by Crippen LogP contribution is 2.40. The van der Waals surface area contributed by atoms with Crippen LogP contribution in [0.1, 0.15) is 48.9 Å². The number of rotatable bonds is 6. The summed E-state index contributed by atoms with van der Waals surface area (Å²) in [6.45, 7) is 4.29. The molecule has 1 N–H and O–H groups in total. The molecule has 5 heteroatoms. The number of hydrogen-bond acceptors (Lipinski definition) is 3. The zero-order chi connectivity index (χ0) is 20.3. The fourth-order valence-corrected chi connectivity index (χ4v) is 3.53. The van der Waals surface area contributed by atoms with Gasteiger partial charge in [-0.15, -0.1) is 0 Å². The number of likely N-dealkylation sites (tertiary alicyclic amines) is 1. The summed E-state index contributed by atoms with van der Waals surface area (Å²) in [5.74, 6) is -2.25. The smallest absolute Gasteiger partial charge is 0.295 e. The molecule has 1 heterocycles. The summed E-state index contributed by atoms with van der Waals surface area (Å²) >= 11 is 0. The molecule has 0 radical (unpaired) electrons. The predicted molar refractivity (Wildman–Crippen MR) is 106 cm³/mol. The Morgan fingerprint density at radius 1 is 1.07 bits per heavy atom. The van der Waals surface area contributed by atoms with Gasteiger partial charge in [0.1, 0.15) is 11.6 Å². The number of benzene rings is 2. The maximum atomic E-state index is 14.6. The zero-order valence-electron chi connectivity index (χ0n) is 16.1. The molecule has 1 aliphatic heterocycles. The largest absolute Gasteiger partial charge is 0.507 e. The Hall–Kier alpha value is -2.95. The first-order valence-corrected chi connectivity index (χ1v) is 9.55. The second-order valence-corrected chi connectivity index (χ2v) is 7.09. The topological polar surface area (TPSA) is 57.6 Å². The summed E-state index contributed by atoms with van der Waals surface area (Å²) in [5.41, 5.74) is 1.59. The average Bonchev–Trinajstić information content (AvgIpc) is 2.93. The number of aliphatic hydroxyl groups excluding tert-OH is 1. The number of ketones is 1. The Labute approximate surface area is 164 Å². The van der Waals surface area contributed by atoms with Crippen LogP contribution in [0.3, 0.4) is 0 Å². The first kappa shape index (κ1) is 19.8. The van der Waals surface area contributed by atoms with Gasteiger partial charge in [0.2, 0.25) is 0 Å². The maximum absolute atomic E-state index is 14.6. The summed E-state index contributed by atoms with van der Waals surface area (Å²) in [5, 5.41) is 10.9. The van der Waals surface area contributed by atoms with Crippen molar-refractivity contribution in [2.45, 2.75) is 39.2 Å². The second-order valence-electron chi connectivity index (χ2n) is 7.09. The van der Waals surface area contributed by atoms with Crippen molar-refractivity contribution in [3.8, 4) is 0 Å². The number of amides is 1. The average molecular weight is 381 g/mol. The molecule has 0 saturated carbocycles. The van der Waals surface area contributed by atoms with Crippen LogP contribution in [-0.2, 0) is 9.59 Å². The van der Waals surface area contributed by atoms with Crippen molar-refractivity contribution in [3.63, 3.8) is 0 Å². The van der Waals surface area contributed by atoms with Gasteiger partial charge in [-0.2, -0.15) is 0 Å². The first-order valence-electron chi connectivity index (χ1n) is 9.55. The highest BCUT2D eigenvalue weighted by Gasteiger charge is 2.46. The highest BCUT2D eigenvalue weighted by atomic mass is 19.1. The predicted octanol–water partition coefficient (Wildman–Crippen LogP) is 4.75. The lowest BCUT2D eigenvalue weighted by Crippen LogP contribution is -2.31. The van der Waals surface area contributed by atoms with Crippen LogP contribution in [-0.4, -0.2) is 28.2 Å². The van der Waals surface area contributed by atoms with E-state index in [1.165, 1.54) is 11.0 Å². The van der Waals surface area contributed by atoms with E-state index in [1.54, 1.807) is 30.3 Å². The molecule has 3 rings (SSSR count). The number of aliphatic hydroxyl groups is 1. The molecule has 2 aromatic carbocycles. The molecule has 28 heavy (non-hydrogen) atoms. The Morgan fingerprint density at radius 3 is 2.39 bits per heavy atom. The number of carbonyl (C=O) groups is 2. The van der Waals surface area contributed by atoms with Gasteiger partial charge in [-0.1, -0.05) is 67.8 Å². The summed E-state index contributed by atoms with van der Waals surface area (Å²) in [7, 11) is 0. The first-order chi connectivity index (χ1) is 13.5. The Kier molecular flexibility index (Phi) is 5.93. The molecule has 1 saturated heterocycles. The van der Waals surface area contributed by atoms with Crippen molar-refractivity contribution in [3.05, 3.63) is 76.6 Å². The van der Waals surface area contributed by atoms with E-state index in [2.05, 4.69) is 0 Å². The molecule has 0 aliphatic carbocycles. The Morgan fingerprint density at radius 2 is 1.75 bits per heavy atom. The number of unbranched alkanes of at least 4 members (excludes halogenated alkanes) is 2. The van der Waals surface area contributed by atoms with Crippen LogP contribution in [0.25, 0.3) is 5.76 Å². The fourth-order valence-electron chi connectivity index (χ4n) is 3.53. The molecule has 0 bridgehead atoms. The molecule has 146 valence electrons. The number of hydrogen-bond donors (Lipinski definition) is 1. The SMILES string of the molecule is CCCCCN1C(=O)C(=O)/C(=C(\O)c2ccc(C)cc2)C1c1ccccc1F. The number of carbonyl (C=O) groups excluding carboxylic acids is 2. The molecule has 0 spiro atoms. The highest BCUT2D eigenvalue weighted by molar-refractivity contribution is 6.46. The van der Waals surface area contributed by atoms with E-state index < -0.39 is 23.5 Å². The van der Waals surface area contributed by atoms with E-state index in [-0.39, 0.29) is 16.9 Å². The minimum absolute atomic E-state index is 0.0598. The quantitative estimate of drug-likeness (QED) is 0.340. The van der Waals surface area contributed by atoms with E-state index >= 15 is 0 Å². The summed E-state index contributed by atoms with van der Waals surface area (Å²) in [6.07, 6.45) is 2.56. The van der Waals surface area contributed by atoms with Crippen LogP contribution < -0.4 is 0 Å². The van der Waals surface area contributed by atoms with Gasteiger partial charge in [0.15, 0.2) is 0 Å². The normalized spacial score (nSPS) is 18.7. The molecule has 2 aromatic rings. The third-order valence-electron chi connectivity index (χ3n) is 5.07. The molecule has 4 nitrogen and oxygen atoms in total. The maximum Gasteiger partial charge on any atom is 0.295 e. The lowest BCUT2D eigenvalue weighted by molar-refractivity contribution is -0.139. The molecule has 1 atom stereocenters. The third kappa shape index (κ3) is 3.70. The van der Waals surface area contributed by atoms with Crippen LogP contribution >= 0.6 is 0 Å². The number of aryl methyl sites for hydroxylation is 1. The third-order valence-corrected chi connectivity index (χ3v) is 5.07. The van der Waals surface area contributed by atoms with Crippen LogP contribution in [0, 0.1) is 12.7 Å². The van der Waals surface area contributed by atoms with Crippen LogP contribution in [0.4, 0.5) is 4.39 Å². The number of halogens is 1. The van der Waals surface area contributed by atoms with Crippen molar-refractivity contribution in [2.24, 2.45) is 0 Å². The van der Waals surface area contributed by atoms with Crippen LogP contribution in [0.2, 0.25) is 0 Å². The summed E-state index contributed by atoms with van der Waals surface area (Å²) in [6, 6.07) is 12.1. The molecule has 1 fully saturated rings. The van der Waals surface area contributed by atoms with Gasteiger partial charge in [-0.05, 0) is 19.4 Å². The Balaban J connectivity index is 2.14. The number of nitrogens with zero attached hydrogens (tertiary/aromatic N) is 1. The zero-order valence-corrected chi connectivity index (χ0v) is 16.1. The van der Waals surface area contributed by atoms with E-state index in [1.807, 2.05) is 26.0 Å². The number of Topliss-reactive ketones (excluding diaryl/α,β-unsaturated/α-hetero) is 1. The minimum Gasteiger partial charge on any atom is -0.507 e. The lowest BCUT2D eigenvalue weighted by Gasteiger charge is -2.25. The Bertz CT molecular complexity index is 918. The van der Waals surface area contributed by atoms with E-state index in [0.717, 1.165) is 18.4 Å². The summed E-state index contributed by atoms with van der Waals surface area (Å²) < 4.78 is 14.6. The van der Waals surface area contributed by atoms with Crippen molar-refractivity contribution >= 4 is 17.4 Å². The lowest BCUT2D eigenvalue weighted by atomic mass is 9.94. The van der Waals surface area contributed by atoms with Crippen LogP contribution in [0.15, 0.2) is 54.1 Å². The standard InChI is InChI=1S/C23H24FNO3/c1-3-4-7-14-25-20(17-8-5-6-9-18(17)24)19(22(27)23(25)28)21(26)16-12-10-15(2)11-13-16/h5-6,8-13,20,26H,3-4,7,14H2,1-2H3/b21-19-. The molecular weight excluding hydrogens is 357 g/mol. The minimum atomic E-state index is -0.931. The van der Waals surface area contributed by atoms with Crippen molar-refractivity contribution in [1.29, 1.82) is 0 Å². The molecular formula is C23H24FNO3. The van der Waals surface area contributed by atoms with Crippen molar-refractivity contribution < 1.29 is 19.1 Å².